The van der Waals surface area contributed by atoms with Gasteiger partial charge in [-0.2, -0.15) is 5.06 Å². The number of carbonyl (C=O) groups excluding carboxylic acids is 1. The highest BCUT2D eigenvalue weighted by Gasteiger charge is 2.23. The number of hydroxylamine groups is 2. The molecule has 4 heteroatoms. The van der Waals surface area contributed by atoms with Crippen LogP contribution in [0.3, 0.4) is 0 Å². The molecular formula is C10H19NO3. The number of carbonyl (C=O) groups is 1. The van der Waals surface area contributed by atoms with Gasteiger partial charge in [-0.1, -0.05) is 20.4 Å². The number of ether oxygens (including phenoxy) is 1. The van der Waals surface area contributed by atoms with Crippen molar-refractivity contribution in [3.05, 3.63) is 12.2 Å². The van der Waals surface area contributed by atoms with E-state index in [-0.39, 0.29) is 5.92 Å². The van der Waals surface area contributed by atoms with Gasteiger partial charge in [-0.3, -0.25) is 0 Å². The predicted octanol–water partition coefficient (Wildman–Crippen LogP) is 1.80. The second kappa shape index (κ2) is 5.78. The summed E-state index contributed by atoms with van der Waals surface area (Å²) in [5.74, 6) is -0.445. The summed E-state index contributed by atoms with van der Waals surface area (Å²) in [5.41, 5.74) is 0.333. The molecule has 0 rings (SSSR count). The largest absolute Gasteiger partial charge is 0.441 e. The minimum absolute atomic E-state index is 0.0308. The summed E-state index contributed by atoms with van der Waals surface area (Å²) in [6.45, 7) is 11.0. The van der Waals surface area contributed by atoms with Crippen molar-refractivity contribution in [3.8, 4) is 0 Å². The summed E-state index contributed by atoms with van der Waals surface area (Å²) in [4.78, 5) is 11.2. The molecule has 0 aromatic carbocycles. The number of hydrogen-bond donors (Lipinski definition) is 1. The van der Waals surface area contributed by atoms with Gasteiger partial charge in [0.2, 0.25) is 0 Å². The summed E-state index contributed by atoms with van der Waals surface area (Å²) in [6, 6.07) is 0. The third kappa shape index (κ3) is 3.89. The van der Waals surface area contributed by atoms with Crippen molar-refractivity contribution in [1.82, 2.24) is 5.06 Å². The van der Waals surface area contributed by atoms with E-state index >= 15 is 0 Å². The Balaban J connectivity index is 4.38. The molecule has 1 atom stereocenters. The summed E-state index contributed by atoms with van der Waals surface area (Å²) in [5, 5.41) is 10.5. The molecule has 1 unspecified atom stereocenters. The summed E-state index contributed by atoms with van der Waals surface area (Å²) >= 11 is 0. The second-order valence-electron chi connectivity index (χ2n) is 3.58. The van der Waals surface area contributed by atoms with Crippen LogP contribution in [0.2, 0.25) is 0 Å². The maximum Gasteiger partial charge on any atom is 0.334 e. The standard InChI is InChI=1S/C10H19NO3/c1-6-11(13)9(7(2)3)14-10(12)8(4)5/h7,9,13H,4,6H2,1-3,5H3. The lowest BCUT2D eigenvalue weighted by Gasteiger charge is -2.27. The normalized spacial score (nSPS) is 13.1. The lowest BCUT2D eigenvalue weighted by Crippen LogP contribution is -2.40. The zero-order chi connectivity index (χ0) is 11.3. The molecule has 0 spiro atoms. The van der Waals surface area contributed by atoms with Crippen LogP contribution in [0.25, 0.3) is 0 Å². The molecule has 0 radical (unpaired) electrons. The molecule has 0 aliphatic carbocycles. The molecular weight excluding hydrogens is 182 g/mol. The van der Waals surface area contributed by atoms with E-state index < -0.39 is 12.2 Å². The third-order valence-electron chi connectivity index (χ3n) is 1.76. The maximum atomic E-state index is 11.2. The fourth-order valence-electron chi connectivity index (χ4n) is 0.931. The van der Waals surface area contributed by atoms with E-state index in [2.05, 4.69) is 6.58 Å². The van der Waals surface area contributed by atoms with E-state index in [1.165, 1.54) is 0 Å². The molecule has 0 fully saturated rings. The molecule has 0 bridgehead atoms. The second-order valence-corrected chi connectivity index (χ2v) is 3.58. The van der Waals surface area contributed by atoms with Gasteiger partial charge in [0.15, 0.2) is 6.23 Å². The molecule has 0 aliphatic rings. The summed E-state index contributed by atoms with van der Waals surface area (Å²) in [6.07, 6.45) is -0.607. The van der Waals surface area contributed by atoms with Gasteiger partial charge in [0.1, 0.15) is 0 Å². The Kier molecular flexibility index (Phi) is 5.42. The van der Waals surface area contributed by atoms with Gasteiger partial charge in [-0.05, 0) is 13.8 Å². The molecule has 14 heavy (non-hydrogen) atoms. The highest BCUT2D eigenvalue weighted by molar-refractivity contribution is 5.87. The molecule has 0 amide bonds. The summed E-state index contributed by atoms with van der Waals surface area (Å²) < 4.78 is 5.06. The van der Waals surface area contributed by atoms with Crippen LogP contribution in [-0.2, 0) is 9.53 Å². The topological polar surface area (TPSA) is 49.8 Å². The Labute approximate surface area is 85.1 Å². The van der Waals surface area contributed by atoms with Gasteiger partial charge in [0, 0.05) is 18.0 Å². The van der Waals surface area contributed by atoms with Crippen LogP contribution in [0.15, 0.2) is 12.2 Å². The van der Waals surface area contributed by atoms with Crippen molar-refractivity contribution in [2.75, 3.05) is 6.54 Å². The zero-order valence-corrected chi connectivity index (χ0v) is 9.28. The molecule has 4 nitrogen and oxygen atoms in total. The van der Waals surface area contributed by atoms with Crippen molar-refractivity contribution in [3.63, 3.8) is 0 Å². The Hall–Kier alpha value is -0.870. The van der Waals surface area contributed by atoms with E-state index in [1.54, 1.807) is 13.8 Å². The Morgan fingerprint density at radius 3 is 2.36 bits per heavy atom. The van der Waals surface area contributed by atoms with Gasteiger partial charge < -0.3 is 9.94 Å². The Morgan fingerprint density at radius 1 is 1.57 bits per heavy atom. The number of nitrogens with zero attached hydrogens (tertiary/aromatic N) is 1. The zero-order valence-electron chi connectivity index (χ0n) is 9.28. The molecule has 0 saturated heterocycles. The van der Waals surface area contributed by atoms with Crippen molar-refractivity contribution in [2.24, 2.45) is 5.92 Å². The van der Waals surface area contributed by atoms with Gasteiger partial charge in [0.25, 0.3) is 0 Å². The molecule has 1 N–H and O–H groups in total. The Morgan fingerprint density at radius 2 is 2.07 bits per heavy atom. The minimum Gasteiger partial charge on any atom is -0.441 e. The number of rotatable bonds is 5. The SMILES string of the molecule is C=C(C)C(=O)OC(C(C)C)N(O)CC. The predicted molar refractivity (Wildman–Crippen MR) is 53.7 cm³/mol. The van der Waals surface area contributed by atoms with E-state index in [1.807, 2.05) is 13.8 Å². The average Bonchev–Trinajstić information content (AvgIpc) is 2.11. The van der Waals surface area contributed by atoms with Gasteiger partial charge in [0.05, 0.1) is 0 Å². The molecule has 0 saturated carbocycles. The number of esters is 1. The van der Waals surface area contributed by atoms with E-state index in [9.17, 15) is 10.0 Å². The summed E-state index contributed by atoms with van der Waals surface area (Å²) in [7, 11) is 0. The maximum absolute atomic E-state index is 11.2. The molecule has 0 aromatic rings. The Bertz CT molecular complexity index is 213. The quantitative estimate of drug-likeness (QED) is 0.319. The van der Waals surface area contributed by atoms with Crippen LogP contribution < -0.4 is 0 Å². The highest BCUT2D eigenvalue weighted by atomic mass is 16.6. The number of hydrogen-bond acceptors (Lipinski definition) is 4. The lowest BCUT2D eigenvalue weighted by molar-refractivity contribution is -0.224. The first-order valence-corrected chi connectivity index (χ1v) is 4.72. The molecule has 0 aliphatic heterocycles. The van der Waals surface area contributed by atoms with Crippen molar-refractivity contribution in [2.45, 2.75) is 33.9 Å². The first-order chi connectivity index (χ1) is 6.40. The van der Waals surface area contributed by atoms with E-state index in [0.29, 0.717) is 12.1 Å². The van der Waals surface area contributed by atoms with Crippen molar-refractivity contribution in [1.29, 1.82) is 0 Å². The van der Waals surface area contributed by atoms with Crippen molar-refractivity contribution < 1.29 is 14.7 Å². The van der Waals surface area contributed by atoms with Crippen LogP contribution in [-0.4, -0.2) is 29.0 Å². The minimum atomic E-state index is -0.607. The lowest BCUT2D eigenvalue weighted by atomic mass is 10.2. The first-order valence-electron chi connectivity index (χ1n) is 4.72. The first kappa shape index (κ1) is 13.1. The van der Waals surface area contributed by atoms with Gasteiger partial charge >= 0.3 is 5.97 Å². The van der Waals surface area contributed by atoms with E-state index in [4.69, 9.17) is 4.74 Å². The fraction of sp³-hybridized carbons (Fsp3) is 0.700. The van der Waals surface area contributed by atoms with Gasteiger partial charge in [-0.25, -0.2) is 4.79 Å². The molecule has 82 valence electrons. The van der Waals surface area contributed by atoms with Crippen LogP contribution >= 0.6 is 0 Å². The smallest absolute Gasteiger partial charge is 0.334 e. The highest BCUT2D eigenvalue weighted by Crippen LogP contribution is 2.11. The molecule has 0 aromatic heterocycles. The monoisotopic (exact) mass is 201 g/mol. The van der Waals surface area contributed by atoms with Gasteiger partial charge in [-0.15, -0.1) is 0 Å². The van der Waals surface area contributed by atoms with Crippen LogP contribution in [0, 0.1) is 5.92 Å². The molecule has 0 heterocycles. The van der Waals surface area contributed by atoms with Crippen molar-refractivity contribution >= 4 is 5.97 Å². The van der Waals surface area contributed by atoms with Crippen LogP contribution in [0.1, 0.15) is 27.7 Å². The van der Waals surface area contributed by atoms with E-state index in [0.717, 1.165) is 5.06 Å². The van der Waals surface area contributed by atoms with Crippen LogP contribution in [0.4, 0.5) is 0 Å². The fourth-order valence-corrected chi connectivity index (χ4v) is 0.931. The average molecular weight is 201 g/mol. The third-order valence-corrected chi connectivity index (χ3v) is 1.76. The van der Waals surface area contributed by atoms with Crippen LogP contribution in [0.5, 0.6) is 0 Å².